The van der Waals surface area contributed by atoms with Crippen LogP contribution in [0.1, 0.15) is 26.3 Å². The van der Waals surface area contributed by atoms with Crippen molar-refractivity contribution in [2.45, 2.75) is 18.7 Å². The van der Waals surface area contributed by atoms with Crippen molar-refractivity contribution in [2.24, 2.45) is 0 Å². The molecule has 0 fully saturated rings. The van der Waals surface area contributed by atoms with Crippen molar-refractivity contribution in [1.29, 1.82) is 0 Å². The van der Waals surface area contributed by atoms with Crippen LogP contribution in [-0.4, -0.2) is 86.3 Å². The number of para-hydroxylation sites is 1. The Kier molecular flexibility index (Phi) is 8.53. The summed E-state index contributed by atoms with van der Waals surface area (Å²) >= 11 is 6.06. The highest BCUT2D eigenvalue weighted by molar-refractivity contribution is 6.29. The second-order valence-corrected chi connectivity index (χ2v) is 9.94. The quantitative estimate of drug-likeness (QED) is 0.345. The largest absolute Gasteiger partial charge is 0.387 e. The molecule has 2 atom stereocenters. The summed E-state index contributed by atoms with van der Waals surface area (Å²) in [5.74, 6) is -0.233. The molecule has 2 heterocycles. The van der Waals surface area contributed by atoms with Gasteiger partial charge in [-0.05, 0) is 54.4 Å². The third-order valence-corrected chi connectivity index (χ3v) is 7.28. The molecule has 37 heavy (non-hydrogen) atoms. The van der Waals surface area contributed by atoms with Crippen LogP contribution >= 0.6 is 11.6 Å². The minimum atomic E-state index is -0.569. The Bertz CT molecular complexity index is 1200. The van der Waals surface area contributed by atoms with Crippen molar-refractivity contribution in [3.05, 3.63) is 88.1 Å². The fraction of sp³-hybridized carbons (Fsp3) is 0.357. The number of allylic oxidation sites excluding steroid dienone is 2. The summed E-state index contributed by atoms with van der Waals surface area (Å²) in [6.07, 6.45) is 3.57. The minimum Gasteiger partial charge on any atom is -0.387 e. The first-order valence-corrected chi connectivity index (χ1v) is 12.8. The van der Waals surface area contributed by atoms with E-state index in [9.17, 15) is 14.7 Å². The molecule has 8 nitrogen and oxygen atoms in total. The molecule has 0 radical (unpaired) electrons. The van der Waals surface area contributed by atoms with Gasteiger partial charge in [0.15, 0.2) is 0 Å². The van der Waals surface area contributed by atoms with Crippen LogP contribution in [0.2, 0.25) is 0 Å². The average molecular weight is 524 g/mol. The molecule has 0 saturated carbocycles. The summed E-state index contributed by atoms with van der Waals surface area (Å²) in [6, 6.07) is 15.0. The highest BCUT2D eigenvalue weighted by atomic mass is 35.5. The van der Waals surface area contributed by atoms with E-state index < -0.39 is 6.10 Å². The number of anilines is 1. The topological polar surface area (TPSA) is 88.2 Å². The number of benzene rings is 2. The molecule has 196 valence electrons. The number of nitrogens with one attached hydrogen (secondary N) is 2. The molecule has 0 bridgehead atoms. The van der Waals surface area contributed by atoms with Crippen LogP contribution in [-0.2, 0) is 6.42 Å². The van der Waals surface area contributed by atoms with Crippen molar-refractivity contribution in [2.75, 3.05) is 52.2 Å². The second-order valence-electron chi connectivity index (χ2n) is 9.56. The van der Waals surface area contributed by atoms with Gasteiger partial charge in [-0.1, -0.05) is 41.9 Å². The number of halogens is 1. The Morgan fingerprint density at radius 2 is 1.92 bits per heavy atom. The Morgan fingerprint density at radius 3 is 2.65 bits per heavy atom. The van der Waals surface area contributed by atoms with Crippen LogP contribution in [0.25, 0.3) is 0 Å². The number of aliphatic hydroxyl groups excluding tert-OH is 1. The Morgan fingerprint density at radius 1 is 1.19 bits per heavy atom. The second kappa shape index (κ2) is 11.8. The van der Waals surface area contributed by atoms with Crippen molar-refractivity contribution < 1.29 is 14.7 Å². The van der Waals surface area contributed by atoms with Gasteiger partial charge in [-0.3, -0.25) is 9.59 Å². The number of carbonyl (C=O) groups excluding carboxylic acids is 2. The van der Waals surface area contributed by atoms with E-state index in [1.807, 2.05) is 72.4 Å². The maximum absolute atomic E-state index is 13.0. The zero-order chi connectivity index (χ0) is 26.5. The fourth-order valence-electron chi connectivity index (χ4n) is 4.54. The molecule has 2 aromatic carbocycles. The molecule has 2 unspecified atom stereocenters. The number of rotatable bonds is 9. The van der Waals surface area contributed by atoms with Crippen LogP contribution in [0.5, 0.6) is 0 Å². The van der Waals surface area contributed by atoms with E-state index in [2.05, 4.69) is 10.6 Å². The molecule has 0 aliphatic carbocycles. The molecule has 2 aliphatic heterocycles. The van der Waals surface area contributed by atoms with E-state index in [1.165, 1.54) is 0 Å². The standard InChI is InChI=1S/C28H34ClN5O3/c1-32-17-21(12-13-25(32)29)24(35)16-30-15-14-19-8-10-20(11-9-19)28(37)33(2)18-26-31-27(36)22-6-4-5-7-23(22)34(26)3/h4-13,24,26,30,35H,14-18H2,1-3H3,(H,31,36). The molecule has 0 spiro atoms. The van der Waals surface area contributed by atoms with Gasteiger partial charge in [-0.2, -0.15) is 0 Å². The predicted octanol–water partition coefficient (Wildman–Crippen LogP) is 2.41. The van der Waals surface area contributed by atoms with Gasteiger partial charge in [0, 0.05) is 39.8 Å². The van der Waals surface area contributed by atoms with E-state index in [0.717, 1.165) is 23.2 Å². The van der Waals surface area contributed by atoms with Crippen molar-refractivity contribution in [1.82, 2.24) is 20.4 Å². The van der Waals surface area contributed by atoms with Gasteiger partial charge in [0.1, 0.15) is 11.3 Å². The summed E-state index contributed by atoms with van der Waals surface area (Å²) in [7, 11) is 5.55. The van der Waals surface area contributed by atoms with Crippen LogP contribution < -0.4 is 15.5 Å². The first-order valence-electron chi connectivity index (χ1n) is 12.4. The van der Waals surface area contributed by atoms with Crippen LogP contribution in [0.15, 0.2) is 71.4 Å². The van der Waals surface area contributed by atoms with E-state index >= 15 is 0 Å². The summed E-state index contributed by atoms with van der Waals surface area (Å²) in [5, 5.41) is 17.4. The maximum Gasteiger partial charge on any atom is 0.255 e. The summed E-state index contributed by atoms with van der Waals surface area (Å²) in [5.41, 5.74) is 4.11. The van der Waals surface area contributed by atoms with E-state index in [1.54, 1.807) is 24.1 Å². The SMILES string of the molecule is CN(CC1NC(=O)c2ccccc2N1C)C(=O)c1ccc(CCNCC(O)C2=CC=C(Cl)N(C)C2)cc1. The number of hydrogen-bond acceptors (Lipinski definition) is 6. The predicted molar refractivity (Wildman–Crippen MR) is 147 cm³/mol. The molecule has 0 saturated heterocycles. The Labute approximate surface area is 223 Å². The molecule has 4 rings (SSSR count). The molecule has 2 aliphatic rings. The lowest BCUT2D eigenvalue weighted by atomic mass is 10.1. The smallest absolute Gasteiger partial charge is 0.255 e. The van der Waals surface area contributed by atoms with E-state index in [0.29, 0.717) is 42.5 Å². The zero-order valence-corrected chi connectivity index (χ0v) is 22.2. The van der Waals surface area contributed by atoms with Gasteiger partial charge in [-0.25, -0.2) is 0 Å². The van der Waals surface area contributed by atoms with Crippen molar-refractivity contribution >= 4 is 29.1 Å². The van der Waals surface area contributed by atoms with Gasteiger partial charge < -0.3 is 30.4 Å². The van der Waals surface area contributed by atoms with Gasteiger partial charge >= 0.3 is 0 Å². The summed E-state index contributed by atoms with van der Waals surface area (Å²) in [6.45, 7) is 2.14. The van der Waals surface area contributed by atoms with Crippen LogP contribution in [0, 0.1) is 0 Å². The van der Waals surface area contributed by atoms with Gasteiger partial charge in [0.2, 0.25) is 0 Å². The molecule has 2 amide bonds. The van der Waals surface area contributed by atoms with Crippen LogP contribution in [0.3, 0.4) is 0 Å². The lowest BCUT2D eigenvalue weighted by molar-refractivity contribution is 0.0761. The zero-order valence-electron chi connectivity index (χ0n) is 21.4. The first kappa shape index (κ1) is 26.7. The Balaban J connectivity index is 1.24. The molecular weight excluding hydrogens is 490 g/mol. The molecule has 9 heteroatoms. The Hall–Kier alpha value is -3.33. The summed E-state index contributed by atoms with van der Waals surface area (Å²) in [4.78, 5) is 31.0. The van der Waals surface area contributed by atoms with Gasteiger partial charge in [0.25, 0.3) is 11.8 Å². The minimum absolute atomic E-state index is 0.103. The highest BCUT2D eigenvalue weighted by Gasteiger charge is 2.29. The number of nitrogens with zero attached hydrogens (tertiary/aromatic N) is 3. The third kappa shape index (κ3) is 6.33. The van der Waals surface area contributed by atoms with Gasteiger partial charge in [-0.15, -0.1) is 0 Å². The normalized spacial score (nSPS) is 18.0. The third-order valence-electron chi connectivity index (χ3n) is 6.86. The van der Waals surface area contributed by atoms with E-state index in [-0.39, 0.29) is 18.0 Å². The number of likely N-dealkylation sites (N-methyl/N-ethyl adjacent to an activating group) is 3. The molecule has 0 aromatic heterocycles. The fourth-order valence-corrected chi connectivity index (χ4v) is 4.66. The number of fused-ring (bicyclic) bond motifs is 1. The van der Waals surface area contributed by atoms with E-state index in [4.69, 9.17) is 11.6 Å². The summed E-state index contributed by atoms with van der Waals surface area (Å²) < 4.78 is 0. The average Bonchev–Trinajstić information content (AvgIpc) is 2.91. The van der Waals surface area contributed by atoms with Crippen molar-refractivity contribution in [3.8, 4) is 0 Å². The lowest BCUT2D eigenvalue weighted by Gasteiger charge is -2.38. The number of carbonyl (C=O) groups is 2. The number of hydrogen-bond donors (Lipinski definition) is 3. The van der Waals surface area contributed by atoms with Crippen LogP contribution in [0.4, 0.5) is 5.69 Å². The lowest BCUT2D eigenvalue weighted by Crippen LogP contribution is -2.56. The molecular formula is C28H34ClN5O3. The number of aliphatic hydroxyl groups is 1. The highest BCUT2D eigenvalue weighted by Crippen LogP contribution is 2.25. The van der Waals surface area contributed by atoms with Crippen molar-refractivity contribution in [3.63, 3.8) is 0 Å². The number of amides is 2. The molecule has 2 aromatic rings. The molecule has 3 N–H and O–H groups in total. The monoisotopic (exact) mass is 523 g/mol. The van der Waals surface area contributed by atoms with Gasteiger partial charge in [0.05, 0.1) is 23.9 Å². The maximum atomic E-state index is 13.0. The first-order chi connectivity index (χ1) is 17.7.